The van der Waals surface area contributed by atoms with E-state index in [1.165, 1.54) is 10.9 Å². The van der Waals surface area contributed by atoms with Crippen LogP contribution in [0.4, 0.5) is 0 Å². The van der Waals surface area contributed by atoms with Gasteiger partial charge in [-0.3, -0.25) is 4.98 Å². The number of hydrogen-bond donors (Lipinski definition) is 1. The van der Waals surface area contributed by atoms with Crippen LogP contribution in [0.5, 0.6) is 5.75 Å². The summed E-state index contributed by atoms with van der Waals surface area (Å²) in [5.74, 6) is 0.775. The lowest BCUT2D eigenvalue weighted by Crippen LogP contribution is -2.04. The van der Waals surface area contributed by atoms with Crippen molar-refractivity contribution in [2.24, 2.45) is 12.8 Å². The molecule has 2 N–H and O–H groups in total. The Balaban J connectivity index is 1.91. The van der Waals surface area contributed by atoms with Gasteiger partial charge in [-0.05, 0) is 23.8 Å². The topological polar surface area (TPSA) is 53.1 Å². The Morgan fingerprint density at radius 2 is 2.15 bits per heavy atom. The molecule has 1 aromatic carbocycles. The molecular weight excluding hydrogens is 250 g/mol. The van der Waals surface area contributed by atoms with E-state index < -0.39 is 0 Å². The molecule has 0 saturated carbocycles. The summed E-state index contributed by atoms with van der Waals surface area (Å²) in [4.78, 5) is 4.04. The van der Waals surface area contributed by atoms with Gasteiger partial charge in [0.2, 0.25) is 0 Å². The summed E-state index contributed by atoms with van der Waals surface area (Å²) < 4.78 is 7.91. The molecule has 0 aliphatic carbocycles. The van der Waals surface area contributed by atoms with Gasteiger partial charge in [0, 0.05) is 25.2 Å². The molecule has 2 aromatic heterocycles. The van der Waals surface area contributed by atoms with E-state index in [4.69, 9.17) is 10.5 Å². The third kappa shape index (κ3) is 2.26. The van der Waals surface area contributed by atoms with Crippen molar-refractivity contribution in [2.45, 2.75) is 13.2 Å². The largest absolute Gasteiger partial charge is 0.486 e. The number of aromatic nitrogens is 2. The third-order valence-corrected chi connectivity index (χ3v) is 3.48. The van der Waals surface area contributed by atoms with Gasteiger partial charge in [-0.25, -0.2) is 0 Å². The molecule has 0 fully saturated rings. The van der Waals surface area contributed by atoms with Gasteiger partial charge >= 0.3 is 0 Å². The number of nitrogens with zero attached hydrogens (tertiary/aromatic N) is 2. The van der Waals surface area contributed by atoms with Gasteiger partial charge in [-0.15, -0.1) is 0 Å². The van der Waals surface area contributed by atoms with Crippen molar-refractivity contribution in [1.29, 1.82) is 0 Å². The van der Waals surface area contributed by atoms with Crippen molar-refractivity contribution < 1.29 is 4.74 Å². The average Bonchev–Trinajstić information content (AvgIpc) is 2.83. The highest BCUT2D eigenvalue weighted by atomic mass is 16.5. The molecule has 0 spiro atoms. The summed E-state index contributed by atoms with van der Waals surface area (Å²) >= 11 is 0. The minimum Gasteiger partial charge on any atom is -0.486 e. The Morgan fingerprint density at radius 1 is 1.25 bits per heavy atom. The van der Waals surface area contributed by atoms with Crippen LogP contribution in [0.3, 0.4) is 0 Å². The Bertz CT molecular complexity index is 719. The molecule has 3 rings (SSSR count). The first-order valence-corrected chi connectivity index (χ1v) is 6.58. The maximum Gasteiger partial charge on any atom is 0.138 e. The number of fused-ring (bicyclic) bond motifs is 1. The molecule has 20 heavy (non-hydrogen) atoms. The number of benzene rings is 1. The zero-order chi connectivity index (χ0) is 13.9. The van der Waals surface area contributed by atoms with Crippen LogP contribution < -0.4 is 10.5 Å². The smallest absolute Gasteiger partial charge is 0.138 e. The van der Waals surface area contributed by atoms with E-state index in [-0.39, 0.29) is 0 Å². The lowest BCUT2D eigenvalue weighted by molar-refractivity contribution is 0.296. The van der Waals surface area contributed by atoms with Crippen molar-refractivity contribution >= 4 is 10.9 Å². The summed E-state index contributed by atoms with van der Waals surface area (Å²) in [5, 5.41) is 1.19. The number of ether oxygens (including phenoxy) is 1. The maximum absolute atomic E-state index is 5.81. The molecule has 102 valence electrons. The van der Waals surface area contributed by atoms with Crippen LogP contribution in [-0.4, -0.2) is 9.55 Å². The number of hydrogen-bond acceptors (Lipinski definition) is 3. The van der Waals surface area contributed by atoms with Crippen molar-refractivity contribution in [3.05, 3.63) is 60.0 Å². The van der Waals surface area contributed by atoms with E-state index in [2.05, 4.69) is 27.8 Å². The molecule has 0 aliphatic rings. The van der Waals surface area contributed by atoms with Crippen LogP contribution in [0, 0.1) is 0 Å². The van der Waals surface area contributed by atoms with Crippen LogP contribution in [0.25, 0.3) is 10.9 Å². The van der Waals surface area contributed by atoms with Crippen LogP contribution >= 0.6 is 0 Å². The van der Waals surface area contributed by atoms with Gasteiger partial charge in [0.15, 0.2) is 0 Å². The molecule has 0 atom stereocenters. The Morgan fingerprint density at radius 3 is 2.90 bits per heavy atom. The predicted molar refractivity (Wildman–Crippen MR) is 79.4 cm³/mol. The minimum absolute atomic E-state index is 0.515. The lowest BCUT2D eigenvalue weighted by atomic mass is 10.1. The van der Waals surface area contributed by atoms with Crippen LogP contribution in [-0.2, 0) is 20.2 Å². The van der Waals surface area contributed by atoms with Gasteiger partial charge in [0.05, 0.1) is 17.4 Å². The fourth-order valence-corrected chi connectivity index (χ4v) is 2.45. The zero-order valence-corrected chi connectivity index (χ0v) is 11.4. The first kappa shape index (κ1) is 12.7. The molecule has 0 saturated heterocycles. The summed E-state index contributed by atoms with van der Waals surface area (Å²) in [6, 6.07) is 12.1. The molecule has 0 aliphatic heterocycles. The molecule has 2 heterocycles. The SMILES string of the molecule is Cn1c(COc2cccnc2)cc2cccc(CN)c21. The van der Waals surface area contributed by atoms with Crippen molar-refractivity contribution in [3.63, 3.8) is 0 Å². The highest BCUT2D eigenvalue weighted by Crippen LogP contribution is 2.23. The van der Waals surface area contributed by atoms with E-state index in [9.17, 15) is 0 Å². The van der Waals surface area contributed by atoms with Crippen molar-refractivity contribution in [1.82, 2.24) is 9.55 Å². The second-order valence-electron chi connectivity index (χ2n) is 4.73. The second-order valence-corrected chi connectivity index (χ2v) is 4.73. The molecule has 4 nitrogen and oxygen atoms in total. The third-order valence-electron chi connectivity index (χ3n) is 3.48. The molecule has 0 radical (unpaired) electrons. The first-order chi connectivity index (χ1) is 9.79. The van der Waals surface area contributed by atoms with Gasteiger partial charge in [0.25, 0.3) is 0 Å². The monoisotopic (exact) mass is 267 g/mol. The highest BCUT2D eigenvalue weighted by molar-refractivity contribution is 5.84. The van der Waals surface area contributed by atoms with E-state index >= 15 is 0 Å². The first-order valence-electron chi connectivity index (χ1n) is 6.58. The van der Waals surface area contributed by atoms with Gasteiger partial charge in [-0.1, -0.05) is 18.2 Å². The van der Waals surface area contributed by atoms with E-state index in [0.717, 1.165) is 17.0 Å². The second kappa shape index (κ2) is 5.35. The predicted octanol–water partition coefficient (Wildman–Crippen LogP) is 2.61. The van der Waals surface area contributed by atoms with Gasteiger partial charge in [0.1, 0.15) is 12.4 Å². The van der Waals surface area contributed by atoms with E-state index in [0.29, 0.717) is 13.2 Å². The molecule has 4 heteroatoms. The fourth-order valence-electron chi connectivity index (χ4n) is 2.45. The number of para-hydroxylation sites is 1. The standard InChI is InChI=1S/C16H17N3O/c1-19-14(11-20-15-6-3-7-18-10-15)8-12-4-2-5-13(9-17)16(12)19/h2-8,10H,9,11,17H2,1H3. The summed E-state index contributed by atoms with van der Waals surface area (Å²) in [6.07, 6.45) is 3.45. The quantitative estimate of drug-likeness (QED) is 0.790. The Labute approximate surface area is 117 Å². The van der Waals surface area contributed by atoms with Crippen molar-refractivity contribution in [2.75, 3.05) is 0 Å². The van der Waals surface area contributed by atoms with Crippen molar-refractivity contribution in [3.8, 4) is 5.75 Å². The summed E-state index contributed by atoms with van der Waals surface area (Å²) in [5.41, 5.74) is 9.25. The molecule has 0 bridgehead atoms. The van der Waals surface area contributed by atoms with Crippen LogP contribution in [0.15, 0.2) is 48.8 Å². The maximum atomic E-state index is 5.81. The Hall–Kier alpha value is -2.33. The zero-order valence-electron chi connectivity index (χ0n) is 11.4. The average molecular weight is 267 g/mol. The number of nitrogens with two attached hydrogens (primary N) is 1. The molecule has 0 amide bonds. The minimum atomic E-state index is 0.515. The molecule has 0 unspecified atom stereocenters. The normalized spacial score (nSPS) is 10.9. The Kier molecular flexibility index (Phi) is 3.39. The van der Waals surface area contributed by atoms with Gasteiger partial charge in [-0.2, -0.15) is 0 Å². The highest BCUT2D eigenvalue weighted by Gasteiger charge is 2.09. The van der Waals surface area contributed by atoms with Crippen LogP contribution in [0.1, 0.15) is 11.3 Å². The number of aryl methyl sites for hydroxylation is 1. The van der Waals surface area contributed by atoms with Gasteiger partial charge < -0.3 is 15.0 Å². The number of rotatable bonds is 4. The summed E-state index contributed by atoms with van der Waals surface area (Å²) in [7, 11) is 2.05. The van der Waals surface area contributed by atoms with Crippen LogP contribution in [0.2, 0.25) is 0 Å². The fraction of sp³-hybridized carbons (Fsp3) is 0.188. The molecular formula is C16H17N3O. The van der Waals surface area contributed by atoms with E-state index in [1.807, 2.05) is 25.2 Å². The number of pyridine rings is 1. The lowest BCUT2D eigenvalue weighted by Gasteiger charge is -2.08. The summed E-state index contributed by atoms with van der Waals surface area (Å²) in [6.45, 7) is 1.05. The molecule has 3 aromatic rings. The van der Waals surface area contributed by atoms with E-state index in [1.54, 1.807) is 12.4 Å².